The van der Waals surface area contributed by atoms with Crippen LogP contribution < -0.4 is 5.32 Å². The highest BCUT2D eigenvalue weighted by Gasteiger charge is 2.33. The van der Waals surface area contributed by atoms with Crippen molar-refractivity contribution in [2.24, 2.45) is 11.8 Å². The van der Waals surface area contributed by atoms with E-state index in [1.807, 2.05) is 13.0 Å². The molecule has 0 spiro atoms. The van der Waals surface area contributed by atoms with E-state index in [-0.39, 0.29) is 36.6 Å². The third-order valence-corrected chi connectivity index (χ3v) is 7.04. The molecule has 0 aliphatic carbocycles. The fourth-order valence-corrected chi connectivity index (χ4v) is 4.79. The average Bonchev–Trinajstić information content (AvgIpc) is 2.65. The molecule has 1 amide bonds. The van der Waals surface area contributed by atoms with Gasteiger partial charge in [-0.3, -0.25) is 4.79 Å². The molecular formula is C19H28N2O5S. The van der Waals surface area contributed by atoms with E-state index in [1.54, 1.807) is 31.2 Å². The molecule has 1 saturated heterocycles. The summed E-state index contributed by atoms with van der Waals surface area (Å²) in [5.41, 5.74) is 0.732. The number of nitrogens with one attached hydrogen (secondary N) is 1. The maximum Gasteiger partial charge on any atom is 0.326 e. The molecule has 27 heavy (non-hydrogen) atoms. The Labute approximate surface area is 160 Å². The molecule has 1 heterocycles. The van der Waals surface area contributed by atoms with Gasteiger partial charge < -0.3 is 10.4 Å². The van der Waals surface area contributed by atoms with Crippen molar-refractivity contribution in [1.82, 2.24) is 9.62 Å². The Kier molecular flexibility index (Phi) is 7.38. The van der Waals surface area contributed by atoms with Crippen molar-refractivity contribution in [1.29, 1.82) is 0 Å². The number of carbonyl (C=O) groups is 2. The number of hydrogen-bond donors (Lipinski definition) is 2. The lowest BCUT2D eigenvalue weighted by atomic mass is 9.94. The number of rotatable bonds is 8. The maximum atomic E-state index is 12.6. The van der Waals surface area contributed by atoms with Gasteiger partial charge in [-0.25, -0.2) is 17.5 Å². The van der Waals surface area contributed by atoms with Crippen LogP contribution in [0.25, 0.3) is 0 Å². The second kappa shape index (κ2) is 9.32. The molecule has 0 radical (unpaired) electrons. The Hall–Kier alpha value is -1.93. The van der Waals surface area contributed by atoms with Crippen LogP contribution >= 0.6 is 0 Å². The van der Waals surface area contributed by atoms with E-state index in [9.17, 15) is 23.1 Å². The van der Waals surface area contributed by atoms with Gasteiger partial charge in [0.2, 0.25) is 15.9 Å². The van der Waals surface area contributed by atoms with Crippen LogP contribution in [-0.2, 0) is 25.4 Å². The van der Waals surface area contributed by atoms with Gasteiger partial charge >= 0.3 is 5.97 Å². The zero-order valence-electron chi connectivity index (χ0n) is 15.8. The molecule has 8 heteroatoms. The number of carbonyl (C=O) groups excluding carboxylic acids is 1. The third kappa shape index (κ3) is 5.77. The summed E-state index contributed by atoms with van der Waals surface area (Å²) >= 11 is 0. The number of amides is 1. The minimum atomic E-state index is -3.43. The smallest absolute Gasteiger partial charge is 0.326 e. The number of sulfonamides is 1. The maximum absolute atomic E-state index is 12.6. The van der Waals surface area contributed by atoms with Crippen LogP contribution in [0.1, 0.15) is 38.7 Å². The van der Waals surface area contributed by atoms with Crippen LogP contribution in [0.3, 0.4) is 0 Å². The van der Waals surface area contributed by atoms with Crippen molar-refractivity contribution in [3.63, 3.8) is 0 Å². The minimum absolute atomic E-state index is 0.0557. The Morgan fingerprint density at radius 2 is 1.81 bits per heavy atom. The normalized spacial score (nSPS) is 18.6. The summed E-state index contributed by atoms with van der Waals surface area (Å²) in [6.07, 6.45) is 1.44. The van der Waals surface area contributed by atoms with Gasteiger partial charge in [0.05, 0.1) is 5.75 Å². The lowest BCUT2D eigenvalue weighted by molar-refractivity contribution is -0.144. The van der Waals surface area contributed by atoms with Gasteiger partial charge in [-0.05, 0) is 24.3 Å². The average molecular weight is 397 g/mol. The second-order valence-electron chi connectivity index (χ2n) is 7.13. The predicted molar refractivity (Wildman–Crippen MR) is 102 cm³/mol. The number of hydrogen-bond acceptors (Lipinski definition) is 4. The van der Waals surface area contributed by atoms with Gasteiger partial charge in [-0.15, -0.1) is 0 Å². The molecule has 2 N–H and O–H groups in total. The summed E-state index contributed by atoms with van der Waals surface area (Å²) in [7, 11) is -3.43. The number of benzene rings is 1. The van der Waals surface area contributed by atoms with Gasteiger partial charge in [0, 0.05) is 19.0 Å². The van der Waals surface area contributed by atoms with Gasteiger partial charge in [0.15, 0.2) is 0 Å². The van der Waals surface area contributed by atoms with Crippen molar-refractivity contribution in [2.45, 2.75) is 44.9 Å². The zero-order valence-corrected chi connectivity index (χ0v) is 16.6. The first-order valence-electron chi connectivity index (χ1n) is 9.29. The van der Waals surface area contributed by atoms with E-state index in [4.69, 9.17) is 0 Å². The fourth-order valence-electron chi connectivity index (χ4n) is 3.23. The standard InChI is InChI=1S/C19H28N2O5S/c1-3-14(2)17(19(23)24)20-18(22)16-9-11-21(12-10-16)27(25,26)13-15-7-5-4-6-8-15/h4-8,14,16-17H,3,9-13H2,1-2H3,(H,20,22)(H,23,24)/t14-,17-/m0/s1. The first kappa shape index (κ1) is 21.4. The molecule has 0 aromatic heterocycles. The third-order valence-electron chi connectivity index (χ3n) is 5.19. The quantitative estimate of drug-likeness (QED) is 0.698. The number of aliphatic carboxylic acids is 1. The molecule has 2 atom stereocenters. The largest absolute Gasteiger partial charge is 0.480 e. The molecule has 1 aliphatic heterocycles. The van der Waals surface area contributed by atoms with Gasteiger partial charge in [0.25, 0.3) is 0 Å². The summed E-state index contributed by atoms with van der Waals surface area (Å²) in [5, 5.41) is 11.9. The summed E-state index contributed by atoms with van der Waals surface area (Å²) in [4.78, 5) is 23.8. The lowest BCUT2D eigenvalue weighted by Gasteiger charge is -2.31. The molecule has 1 aromatic rings. The van der Waals surface area contributed by atoms with Gasteiger partial charge in [-0.1, -0.05) is 50.6 Å². The zero-order chi connectivity index (χ0) is 20.0. The molecule has 1 aromatic carbocycles. The highest BCUT2D eigenvalue weighted by atomic mass is 32.2. The number of piperidine rings is 1. The first-order chi connectivity index (χ1) is 12.7. The van der Waals surface area contributed by atoms with E-state index in [1.165, 1.54) is 4.31 Å². The van der Waals surface area contributed by atoms with Crippen molar-refractivity contribution >= 4 is 21.9 Å². The predicted octanol–water partition coefficient (Wildman–Crippen LogP) is 1.84. The fraction of sp³-hybridized carbons (Fsp3) is 0.579. The van der Waals surface area contributed by atoms with Gasteiger partial charge in [-0.2, -0.15) is 0 Å². The number of nitrogens with zero attached hydrogens (tertiary/aromatic N) is 1. The van der Waals surface area contributed by atoms with E-state index in [2.05, 4.69) is 5.32 Å². The van der Waals surface area contributed by atoms with Crippen LogP contribution in [0.4, 0.5) is 0 Å². The molecule has 2 rings (SSSR count). The first-order valence-corrected chi connectivity index (χ1v) is 10.9. The highest BCUT2D eigenvalue weighted by molar-refractivity contribution is 7.88. The molecule has 1 aliphatic rings. The molecule has 150 valence electrons. The molecule has 0 bridgehead atoms. The second-order valence-corrected chi connectivity index (χ2v) is 9.09. The van der Waals surface area contributed by atoms with Crippen LogP contribution in [0.2, 0.25) is 0 Å². The lowest BCUT2D eigenvalue weighted by Crippen LogP contribution is -2.49. The Morgan fingerprint density at radius 3 is 2.33 bits per heavy atom. The molecule has 1 fully saturated rings. The van der Waals surface area contributed by atoms with Crippen LogP contribution in [0, 0.1) is 11.8 Å². The Balaban J connectivity index is 1.92. The minimum Gasteiger partial charge on any atom is -0.480 e. The van der Waals surface area contributed by atoms with E-state index in [0.717, 1.165) is 5.56 Å². The number of carboxylic acid groups (broad SMARTS) is 1. The number of carboxylic acids is 1. The monoisotopic (exact) mass is 396 g/mol. The Bertz CT molecular complexity index is 743. The van der Waals surface area contributed by atoms with E-state index >= 15 is 0 Å². The molecule has 0 saturated carbocycles. The van der Waals surface area contributed by atoms with Crippen LogP contribution in [-0.4, -0.2) is 48.8 Å². The van der Waals surface area contributed by atoms with Gasteiger partial charge in [0.1, 0.15) is 6.04 Å². The Morgan fingerprint density at radius 1 is 1.22 bits per heavy atom. The molecular weight excluding hydrogens is 368 g/mol. The SMILES string of the molecule is CC[C@H](C)[C@H](NC(=O)C1CCN(S(=O)(=O)Cc2ccccc2)CC1)C(=O)O. The van der Waals surface area contributed by atoms with Crippen LogP contribution in [0.15, 0.2) is 30.3 Å². The summed E-state index contributed by atoms with van der Waals surface area (Å²) in [5.74, 6) is -1.93. The summed E-state index contributed by atoms with van der Waals surface area (Å²) in [6, 6.07) is 8.08. The topological polar surface area (TPSA) is 104 Å². The molecule has 7 nitrogen and oxygen atoms in total. The highest BCUT2D eigenvalue weighted by Crippen LogP contribution is 2.22. The van der Waals surface area contributed by atoms with Crippen molar-refractivity contribution in [2.75, 3.05) is 13.1 Å². The summed E-state index contributed by atoms with van der Waals surface area (Å²) < 4.78 is 26.6. The van der Waals surface area contributed by atoms with Crippen molar-refractivity contribution < 1.29 is 23.1 Å². The van der Waals surface area contributed by atoms with E-state index in [0.29, 0.717) is 19.3 Å². The van der Waals surface area contributed by atoms with Crippen LogP contribution in [0.5, 0.6) is 0 Å². The van der Waals surface area contributed by atoms with E-state index < -0.39 is 22.0 Å². The van der Waals surface area contributed by atoms with Crippen molar-refractivity contribution in [3.8, 4) is 0 Å². The summed E-state index contributed by atoms with van der Waals surface area (Å²) in [6.45, 7) is 4.21. The molecule has 0 unspecified atom stereocenters. The van der Waals surface area contributed by atoms with Crippen molar-refractivity contribution in [3.05, 3.63) is 35.9 Å².